The Labute approximate surface area is 225 Å². The average Bonchev–Trinajstić information content (AvgIpc) is 3.17. The van der Waals surface area contributed by atoms with Crippen LogP contribution in [-0.4, -0.2) is 40.6 Å². The maximum Gasteiger partial charge on any atom is 0.573 e. The van der Waals surface area contributed by atoms with Gasteiger partial charge in [-0.15, -0.1) is 13.2 Å². The average molecular weight is 549 g/mol. The number of hydrogen-bond acceptors (Lipinski definition) is 7. The van der Waals surface area contributed by atoms with Crippen LogP contribution >= 0.6 is 0 Å². The van der Waals surface area contributed by atoms with E-state index in [1.165, 1.54) is 24.3 Å². The Morgan fingerprint density at radius 1 is 1.18 bits per heavy atom. The fraction of sp³-hybridized carbons (Fsp3) is 0.536. The van der Waals surface area contributed by atoms with Gasteiger partial charge in [0.1, 0.15) is 11.5 Å². The van der Waals surface area contributed by atoms with E-state index in [-0.39, 0.29) is 29.6 Å². The lowest BCUT2D eigenvalue weighted by Gasteiger charge is -2.40. The number of fused-ring (bicyclic) bond motifs is 1. The number of esters is 1. The van der Waals surface area contributed by atoms with Crippen LogP contribution in [0.2, 0.25) is 0 Å². The summed E-state index contributed by atoms with van der Waals surface area (Å²) in [6, 6.07) is 7.54. The summed E-state index contributed by atoms with van der Waals surface area (Å²) in [6.45, 7) is 8.82. The lowest BCUT2D eigenvalue weighted by atomic mass is 9.70. The number of ether oxygens (including phenoxy) is 3. The van der Waals surface area contributed by atoms with Gasteiger partial charge in [0, 0.05) is 24.2 Å². The zero-order chi connectivity index (χ0) is 28.4. The van der Waals surface area contributed by atoms with Crippen LogP contribution in [0.3, 0.4) is 0 Å². The van der Waals surface area contributed by atoms with Crippen LogP contribution in [0.1, 0.15) is 65.1 Å². The number of hydrogen-bond donors (Lipinski definition) is 1. The van der Waals surface area contributed by atoms with E-state index in [1.54, 1.807) is 14.0 Å². The number of imidazole rings is 1. The maximum atomic E-state index is 12.6. The number of nitrogens with one attached hydrogen (secondary N) is 1. The molecule has 11 heteroatoms. The smallest absolute Gasteiger partial charge is 0.495 e. The molecule has 1 N–H and O–H groups in total. The topological polar surface area (TPSA) is 87.5 Å². The van der Waals surface area contributed by atoms with Crippen LogP contribution in [0.25, 0.3) is 11.2 Å². The molecule has 0 aliphatic heterocycles. The summed E-state index contributed by atoms with van der Waals surface area (Å²) in [6.07, 6.45) is -1.29. The van der Waals surface area contributed by atoms with Crippen molar-refractivity contribution in [1.82, 2.24) is 14.5 Å². The molecule has 0 saturated heterocycles. The number of benzene rings is 1. The van der Waals surface area contributed by atoms with Crippen LogP contribution in [0.4, 0.5) is 24.8 Å². The van der Waals surface area contributed by atoms with E-state index in [0.717, 1.165) is 24.8 Å². The quantitative estimate of drug-likeness (QED) is 0.289. The first kappa shape index (κ1) is 28.5. The molecule has 0 unspecified atom stereocenters. The highest BCUT2D eigenvalue weighted by Crippen LogP contribution is 2.46. The zero-order valence-corrected chi connectivity index (χ0v) is 22.9. The minimum absolute atomic E-state index is 0.112. The van der Waals surface area contributed by atoms with Crippen molar-refractivity contribution in [2.45, 2.75) is 72.2 Å². The molecule has 1 saturated carbocycles. The third-order valence-electron chi connectivity index (χ3n) is 6.89. The number of carbonyl (C=O) groups excluding carboxylic acids is 1. The molecule has 2 atom stereocenters. The molecule has 0 amide bonds. The van der Waals surface area contributed by atoms with Crippen LogP contribution in [0.15, 0.2) is 30.3 Å². The molecular weight excluding hydrogens is 513 g/mol. The molecule has 1 fully saturated rings. The summed E-state index contributed by atoms with van der Waals surface area (Å²) in [5.74, 6) is 0.951. The summed E-state index contributed by atoms with van der Waals surface area (Å²) in [5, 5.41) is 3.28. The van der Waals surface area contributed by atoms with E-state index in [4.69, 9.17) is 19.4 Å². The molecule has 1 aliphatic rings. The van der Waals surface area contributed by atoms with Crippen molar-refractivity contribution in [1.29, 1.82) is 0 Å². The van der Waals surface area contributed by atoms with Crippen molar-refractivity contribution in [3.63, 3.8) is 0 Å². The third kappa shape index (κ3) is 7.13. The summed E-state index contributed by atoms with van der Waals surface area (Å²) in [7, 11) is 1.56. The van der Waals surface area contributed by atoms with Gasteiger partial charge >= 0.3 is 12.3 Å². The minimum atomic E-state index is -4.76. The second-order valence-electron chi connectivity index (χ2n) is 10.9. The van der Waals surface area contributed by atoms with Gasteiger partial charge in [-0.05, 0) is 61.8 Å². The highest BCUT2D eigenvalue weighted by Gasteiger charge is 2.35. The monoisotopic (exact) mass is 548 g/mol. The molecule has 3 aromatic rings. The molecule has 39 heavy (non-hydrogen) atoms. The van der Waals surface area contributed by atoms with E-state index in [0.29, 0.717) is 47.7 Å². The fourth-order valence-electron chi connectivity index (χ4n) is 5.67. The Balaban J connectivity index is 1.74. The van der Waals surface area contributed by atoms with Crippen molar-refractivity contribution in [3.8, 4) is 11.5 Å². The van der Waals surface area contributed by atoms with Gasteiger partial charge < -0.3 is 24.1 Å². The second-order valence-corrected chi connectivity index (χ2v) is 10.9. The van der Waals surface area contributed by atoms with Crippen molar-refractivity contribution in [3.05, 3.63) is 36.0 Å². The van der Waals surface area contributed by atoms with Gasteiger partial charge in [0.25, 0.3) is 0 Å². The Hall–Kier alpha value is -3.50. The van der Waals surface area contributed by atoms with Gasteiger partial charge in [0.15, 0.2) is 5.65 Å². The van der Waals surface area contributed by atoms with Crippen molar-refractivity contribution in [2.24, 2.45) is 11.3 Å². The standard InChI is InChI=1S/C28H35F3N4O4/c1-6-38-24(36)12-11-21-23(37-5)14-22-25(33-21)34-26(35(22)19-13-17(2)15-27(3,4)16-19)32-18-7-9-20(10-8-18)39-28(29,30)31/h7-10,14,17,19H,6,11-13,15-16H2,1-5H3,(H,32,33,34)/t17-,19+/m0/s1. The lowest BCUT2D eigenvalue weighted by Crippen LogP contribution is -2.29. The highest BCUT2D eigenvalue weighted by atomic mass is 19.4. The van der Waals surface area contributed by atoms with Crippen LogP contribution in [-0.2, 0) is 16.0 Å². The number of rotatable bonds is 9. The van der Waals surface area contributed by atoms with E-state index in [2.05, 4.69) is 35.4 Å². The number of nitrogens with zero attached hydrogens (tertiary/aromatic N) is 3. The summed E-state index contributed by atoms with van der Waals surface area (Å²) in [5.41, 5.74) is 2.54. The van der Waals surface area contributed by atoms with Gasteiger partial charge in [0.2, 0.25) is 5.95 Å². The molecule has 8 nitrogen and oxygen atoms in total. The van der Waals surface area contributed by atoms with Crippen LogP contribution in [0, 0.1) is 11.3 Å². The van der Waals surface area contributed by atoms with Gasteiger partial charge in [-0.2, -0.15) is 4.98 Å². The Bertz CT molecular complexity index is 1300. The first-order chi connectivity index (χ1) is 18.4. The van der Waals surface area contributed by atoms with E-state index < -0.39 is 6.36 Å². The lowest BCUT2D eigenvalue weighted by molar-refractivity contribution is -0.274. The van der Waals surface area contributed by atoms with E-state index >= 15 is 0 Å². The molecule has 0 bridgehead atoms. The predicted octanol–water partition coefficient (Wildman–Crippen LogP) is 6.97. The largest absolute Gasteiger partial charge is 0.573 e. The van der Waals surface area contributed by atoms with E-state index in [1.807, 2.05) is 6.07 Å². The summed E-state index contributed by atoms with van der Waals surface area (Å²) < 4.78 is 54.6. The Kier molecular flexibility index (Phi) is 8.27. The minimum Gasteiger partial charge on any atom is -0.495 e. The van der Waals surface area contributed by atoms with Gasteiger partial charge in [-0.25, -0.2) is 4.98 Å². The van der Waals surface area contributed by atoms with Crippen LogP contribution in [0.5, 0.6) is 11.5 Å². The summed E-state index contributed by atoms with van der Waals surface area (Å²) in [4.78, 5) is 21.5. The first-order valence-corrected chi connectivity index (χ1v) is 13.1. The molecule has 1 aromatic carbocycles. The molecule has 1 aliphatic carbocycles. The second kappa shape index (κ2) is 11.3. The van der Waals surface area contributed by atoms with Crippen LogP contribution < -0.4 is 14.8 Å². The zero-order valence-electron chi connectivity index (χ0n) is 22.9. The Morgan fingerprint density at radius 3 is 2.51 bits per heavy atom. The van der Waals surface area contributed by atoms with Gasteiger partial charge in [0.05, 0.1) is 31.3 Å². The SMILES string of the molecule is CCOC(=O)CCc1nc2nc(Nc3ccc(OC(F)(F)F)cc3)n([C@@H]3C[C@H](C)CC(C)(C)C3)c2cc1OC. The van der Waals surface area contributed by atoms with Crippen molar-refractivity contribution >= 4 is 28.8 Å². The fourth-order valence-corrected chi connectivity index (χ4v) is 5.67. The molecule has 0 spiro atoms. The number of halogens is 3. The van der Waals surface area contributed by atoms with Crippen molar-refractivity contribution < 1.29 is 32.2 Å². The number of carbonyl (C=O) groups is 1. The molecule has 212 valence electrons. The molecule has 0 radical (unpaired) electrons. The molecule has 2 aromatic heterocycles. The number of aryl methyl sites for hydroxylation is 1. The normalized spacial score (nSPS) is 19.1. The first-order valence-electron chi connectivity index (χ1n) is 13.1. The van der Waals surface area contributed by atoms with E-state index in [9.17, 15) is 18.0 Å². The highest BCUT2D eigenvalue weighted by molar-refractivity contribution is 5.79. The number of methoxy groups -OCH3 is 1. The molecule has 4 rings (SSSR count). The summed E-state index contributed by atoms with van der Waals surface area (Å²) >= 11 is 0. The molecular formula is C28H35F3N4O4. The molecule has 2 heterocycles. The van der Waals surface area contributed by atoms with Crippen molar-refractivity contribution in [2.75, 3.05) is 19.0 Å². The number of pyridine rings is 1. The number of aromatic nitrogens is 3. The maximum absolute atomic E-state index is 12.6. The Morgan fingerprint density at radius 2 is 1.90 bits per heavy atom. The van der Waals surface area contributed by atoms with Gasteiger partial charge in [-0.1, -0.05) is 20.8 Å². The predicted molar refractivity (Wildman–Crippen MR) is 141 cm³/mol. The number of alkyl halides is 3. The third-order valence-corrected chi connectivity index (χ3v) is 6.89. The number of anilines is 2. The van der Waals surface area contributed by atoms with Gasteiger partial charge in [-0.3, -0.25) is 4.79 Å².